The molecule has 6 nitrogen and oxygen atoms in total. The van der Waals surface area contributed by atoms with Crippen LogP contribution >= 0.6 is 11.8 Å². The fourth-order valence-electron chi connectivity index (χ4n) is 5.48. The predicted molar refractivity (Wildman–Crippen MR) is 165 cm³/mol. The Balaban J connectivity index is 1.31. The Bertz CT molecular complexity index is 1320. The van der Waals surface area contributed by atoms with Gasteiger partial charge in [-0.1, -0.05) is 84.9 Å². The van der Waals surface area contributed by atoms with Crippen LogP contribution in [0.3, 0.4) is 0 Å². The smallest absolute Gasteiger partial charge is 0.317 e. The average molecular weight is 558 g/mol. The van der Waals surface area contributed by atoms with Crippen LogP contribution in [-0.4, -0.2) is 67.5 Å². The highest BCUT2D eigenvalue weighted by Gasteiger charge is 2.38. The number of carbonyl (C=O) groups is 1. The van der Waals surface area contributed by atoms with Crippen LogP contribution in [0.4, 0.5) is 0 Å². The summed E-state index contributed by atoms with van der Waals surface area (Å²) in [5, 5.41) is 2.95. The Kier molecular flexibility index (Phi) is 10.4. The number of benzene rings is 3. The summed E-state index contributed by atoms with van der Waals surface area (Å²) in [4.78, 5) is 25.9. The topological polar surface area (TPSA) is 63.5 Å². The number of hydrogen-bond donors (Lipinski definition) is 0. The van der Waals surface area contributed by atoms with Crippen molar-refractivity contribution in [3.63, 3.8) is 0 Å². The molecule has 0 aliphatic carbocycles. The SMILES string of the molecule is CSC1=NC(c2ccc3ccccc3c2)C(C(=O)OCCCc2ccccc2)C(COCCN2CCCCC2)=N1. The van der Waals surface area contributed by atoms with Gasteiger partial charge in [-0.3, -0.25) is 9.79 Å². The minimum atomic E-state index is -0.622. The quantitative estimate of drug-likeness (QED) is 0.203. The summed E-state index contributed by atoms with van der Waals surface area (Å²) in [6, 6.07) is 24.4. The number of carbonyl (C=O) groups excluding carboxylic acids is 1. The van der Waals surface area contributed by atoms with Crippen LogP contribution in [0.25, 0.3) is 10.8 Å². The van der Waals surface area contributed by atoms with Gasteiger partial charge < -0.3 is 14.4 Å². The van der Waals surface area contributed by atoms with Gasteiger partial charge in [-0.05, 0) is 73.0 Å². The zero-order valence-electron chi connectivity index (χ0n) is 23.3. The van der Waals surface area contributed by atoms with Crippen molar-refractivity contribution in [3.8, 4) is 0 Å². The summed E-state index contributed by atoms with van der Waals surface area (Å²) in [5.41, 5.74) is 2.92. The number of aryl methyl sites for hydroxylation is 1. The maximum absolute atomic E-state index is 13.7. The number of likely N-dealkylation sites (tertiary alicyclic amines) is 1. The third kappa shape index (κ3) is 7.59. The largest absolute Gasteiger partial charge is 0.465 e. The van der Waals surface area contributed by atoms with E-state index in [9.17, 15) is 4.79 Å². The first-order valence-corrected chi connectivity index (χ1v) is 15.6. The summed E-state index contributed by atoms with van der Waals surface area (Å²) in [6.45, 7) is 4.44. The van der Waals surface area contributed by atoms with Gasteiger partial charge in [0.05, 0.1) is 31.6 Å². The molecule has 40 heavy (non-hydrogen) atoms. The number of amidine groups is 1. The first-order valence-electron chi connectivity index (χ1n) is 14.4. The van der Waals surface area contributed by atoms with Gasteiger partial charge in [0, 0.05) is 6.54 Å². The molecule has 3 aromatic rings. The molecule has 7 heteroatoms. The normalized spacial score (nSPS) is 19.7. The van der Waals surface area contributed by atoms with E-state index in [2.05, 4.69) is 47.4 Å². The number of fused-ring (bicyclic) bond motifs is 1. The van der Waals surface area contributed by atoms with Crippen molar-refractivity contribution in [1.82, 2.24) is 4.90 Å². The number of rotatable bonds is 11. The Labute approximate surface area is 241 Å². The molecule has 5 rings (SSSR count). The van der Waals surface area contributed by atoms with Crippen LogP contribution in [0.2, 0.25) is 0 Å². The lowest BCUT2D eigenvalue weighted by Gasteiger charge is -2.29. The van der Waals surface area contributed by atoms with Crippen molar-refractivity contribution in [2.24, 2.45) is 15.9 Å². The second-order valence-electron chi connectivity index (χ2n) is 10.5. The number of esters is 1. The molecule has 2 heterocycles. The van der Waals surface area contributed by atoms with Crippen LogP contribution in [0.15, 0.2) is 82.8 Å². The molecule has 3 aromatic carbocycles. The number of thioether (sulfide) groups is 1. The molecule has 2 atom stereocenters. The molecule has 0 saturated carbocycles. The molecule has 0 aromatic heterocycles. The second kappa shape index (κ2) is 14.6. The van der Waals surface area contributed by atoms with E-state index in [1.54, 1.807) is 0 Å². The molecule has 1 saturated heterocycles. The van der Waals surface area contributed by atoms with E-state index >= 15 is 0 Å². The second-order valence-corrected chi connectivity index (χ2v) is 11.2. The van der Waals surface area contributed by atoms with E-state index in [4.69, 9.17) is 19.5 Å². The third-order valence-corrected chi connectivity index (χ3v) is 8.22. The van der Waals surface area contributed by atoms with Crippen molar-refractivity contribution in [3.05, 3.63) is 83.9 Å². The van der Waals surface area contributed by atoms with Gasteiger partial charge in [0.25, 0.3) is 0 Å². The van der Waals surface area contributed by atoms with E-state index in [-0.39, 0.29) is 5.97 Å². The first-order chi connectivity index (χ1) is 19.7. The molecule has 0 spiro atoms. The maximum atomic E-state index is 13.7. The molecule has 1 fully saturated rings. The summed E-state index contributed by atoms with van der Waals surface area (Å²) in [6.07, 6.45) is 7.42. The van der Waals surface area contributed by atoms with Gasteiger partial charge in [0.15, 0.2) is 5.17 Å². The number of hydrogen-bond acceptors (Lipinski definition) is 7. The summed E-state index contributed by atoms with van der Waals surface area (Å²) in [7, 11) is 0. The predicted octanol–water partition coefficient (Wildman–Crippen LogP) is 6.35. The molecule has 2 aliphatic heterocycles. The van der Waals surface area contributed by atoms with Crippen LogP contribution in [0.5, 0.6) is 0 Å². The first kappa shape index (κ1) is 28.5. The Morgan fingerprint density at radius 1 is 0.950 bits per heavy atom. The maximum Gasteiger partial charge on any atom is 0.317 e. The van der Waals surface area contributed by atoms with Gasteiger partial charge in [-0.25, -0.2) is 4.99 Å². The summed E-state index contributed by atoms with van der Waals surface area (Å²) >= 11 is 1.49. The Hall–Kier alpha value is -3.00. The van der Waals surface area contributed by atoms with Gasteiger partial charge in [-0.2, -0.15) is 0 Å². The molecule has 0 amide bonds. The molecule has 0 radical (unpaired) electrons. The van der Waals surface area contributed by atoms with E-state index in [0.29, 0.717) is 30.7 Å². The van der Waals surface area contributed by atoms with Crippen LogP contribution in [0.1, 0.15) is 42.9 Å². The molecular formula is C33H39N3O3S. The van der Waals surface area contributed by atoms with Crippen LogP contribution in [0, 0.1) is 5.92 Å². The monoisotopic (exact) mass is 557 g/mol. The van der Waals surface area contributed by atoms with Gasteiger partial charge in [0.1, 0.15) is 5.92 Å². The lowest BCUT2D eigenvalue weighted by atomic mass is 9.87. The molecular weight excluding hydrogens is 518 g/mol. The minimum Gasteiger partial charge on any atom is -0.465 e. The van der Waals surface area contributed by atoms with Gasteiger partial charge >= 0.3 is 5.97 Å². The number of aliphatic imine (C=N–C) groups is 2. The zero-order valence-corrected chi connectivity index (χ0v) is 24.2. The van der Waals surface area contributed by atoms with E-state index in [1.807, 2.05) is 36.6 Å². The average Bonchev–Trinajstić information content (AvgIpc) is 3.01. The van der Waals surface area contributed by atoms with Crippen molar-refractivity contribution >= 4 is 39.4 Å². The van der Waals surface area contributed by atoms with Crippen LogP contribution < -0.4 is 0 Å². The summed E-state index contributed by atoms with van der Waals surface area (Å²) in [5.74, 6) is -0.905. The van der Waals surface area contributed by atoms with Gasteiger partial charge in [-0.15, -0.1) is 0 Å². The van der Waals surface area contributed by atoms with E-state index in [1.165, 1.54) is 36.6 Å². The van der Waals surface area contributed by atoms with Gasteiger partial charge in [0.2, 0.25) is 0 Å². The zero-order chi connectivity index (χ0) is 27.6. The highest BCUT2D eigenvalue weighted by Crippen LogP contribution is 2.35. The molecule has 2 unspecified atom stereocenters. The molecule has 2 aliphatic rings. The molecule has 210 valence electrons. The van der Waals surface area contributed by atoms with Crippen molar-refractivity contribution in [2.75, 3.05) is 45.7 Å². The van der Waals surface area contributed by atoms with Crippen molar-refractivity contribution in [1.29, 1.82) is 0 Å². The number of piperidine rings is 1. The summed E-state index contributed by atoms with van der Waals surface area (Å²) < 4.78 is 12.0. The van der Waals surface area contributed by atoms with E-state index < -0.39 is 12.0 Å². The standard InChI is InChI=1S/C33H39N3O3S/c1-40-33-34-29(24-38-22-20-36-18-8-3-9-19-36)30(32(37)39-21-10-13-25-11-4-2-5-12-25)31(35-33)28-17-16-26-14-6-7-15-27(26)23-28/h2,4-7,11-12,14-17,23,30-31H,3,8-10,13,18-22,24H2,1H3. The minimum absolute atomic E-state index is 0.284. The molecule has 0 bridgehead atoms. The van der Waals surface area contributed by atoms with E-state index in [0.717, 1.165) is 48.8 Å². The Morgan fingerprint density at radius 3 is 2.52 bits per heavy atom. The number of ether oxygens (including phenoxy) is 2. The fraction of sp³-hybridized carbons (Fsp3) is 0.424. The Morgan fingerprint density at radius 2 is 1.73 bits per heavy atom. The van der Waals surface area contributed by atoms with Crippen molar-refractivity contribution < 1.29 is 14.3 Å². The van der Waals surface area contributed by atoms with Crippen molar-refractivity contribution in [2.45, 2.75) is 38.1 Å². The highest BCUT2D eigenvalue weighted by molar-refractivity contribution is 8.13. The lowest BCUT2D eigenvalue weighted by Crippen LogP contribution is -2.38. The molecule has 0 N–H and O–H groups in total. The highest BCUT2D eigenvalue weighted by atomic mass is 32.2. The fourth-order valence-corrected chi connectivity index (χ4v) is 5.91. The lowest BCUT2D eigenvalue weighted by molar-refractivity contribution is -0.147. The van der Waals surface area contributed by atoms with Crippen LogP contribution in [-0.2, 0) is 20.7 Å². The number of nitrogens with zero attached hydrogens (tertiary/aromatic N) is 3. The third-order valence-electron chi connectivity index (χ3n) is 7.66.